The Bertz CT molecular complexity index is 981. The fraction of sp³-hybridized carbons (Fsp3) is 0.440. The first-order valence-electron chi connectivity index (χ1n) is 10.6. The lowest BCUT2D eigenvalue weighted by Crippen LogP contribution is -3.61. The average Bonchev–Trinajstić information content (AvgIpc) is 2.66. The highest BCUT2D eigenvalue weighted by Crippen LogP contribution is 2.16. The number of rotatable bonds is 7. The minimum absolute atomic E-state index is 0.292. The molecule has 2 rings (SSSR count). The smallest absolute Gasteiger partial charge is 0.408 e. The van der Waals surface area contributed by atoms with Crippen LogP contribution < -0.4 is 31.3 Å². The molecular weight excluding hydrogens is 601 g/mol. The van der Waals surface area contributed by atoms with Crippen LogP contribution in [0, 0.1) is 7.14 Å². The third-order valence-electron chi connectivity index (χ3n) is 4.06. The van der Waals surface area contributed by atoms with Crippen molar-refractivity contribution >= 4 is 28.0 Å². The van der Waals surface area contributed by atoms with Crippen LogP contribution in [0.5, 0.6) is 5.75 Å². The molecule has 0 radical (unpaired) electrons. The lowest BCUT2D eigenvalue weighted by Gasteiger charge is -2.26. The van der Waals surface area contributed by atoms with Gasteiger partial charge in [0.15, 0.2) is 7.14 Å². The van der Waals surface area contributed by atoms with Crippen molar-refractivity contribution in [2.45, 2.75) is 65.2 Å². The summed E-state index contributed by atoms with van der Waals surface area (Å²) in [4.78, 5) is 25.4. The van der Waals surface area contributed by atoms with Crippen LogP contribution in [-0.4, -0.2) is 36.4 Å². The number of nitrogens with one attached hydrogen (secondary N) is 1. The quantitative estimate of drug-likeness (QED) is 0.375. The number of amides is 1. The molecule has 6 nitrogen and oxygen atoms in total. The molecule has 1 amide bonds. The highest BCUT2D eigenvalue weighted by Gasteiger charge is 2.31. The number of methoxy groups -OCH3 is 1. The van der Waals surface area contributed by atoms with Gasteiger partial charge in [0.05, 0.1) is 7.11 Å². The van der Waals surface area contributed by atoms with E-state index in [0.29, 0.717) is 6.42 Å². The first kappa shape index (κ1) is 27.4. The second-order valence-corrected chi connectivity index (χ2v) is 13.3. The molecule has 180 valence electrons. The molecule has 1 unspecified atom stereocenters. The third-order valence-corrected chi connectivity index (χ3v) is 7.44. The van der Waals surface area contributed by atoms with Crippen molar-refractivity contribution in [2.24, 2.45) is 0 Å². The van der Waals surface area contributed by atoms with Gasteiger partial charge in [-0.1, -0.05) is 28.1 Å². The van der Waals surface area contributed by atoms with Crippen molar-refractivity contribution in [1.29, 1.82) is 0 Å². The summed E-state index contributed by atoms with van der Waals surface area (Å²) < 4.78 is 19.6. The van der Waals surface area contributed by atoms with Gasteiger partial charge in [0.25, 0.3) is 0 Å². The van der Waals surface area contributed by atoms with Gasteiger partial charge in [-0.05, 0) is 59.7 Å². The highest BCUT2D eigenvalue weighted by molar-refractivity contribution is 9.10. The van der Waals surface area contributed by atoms with Gasteiger partial charge in [-0.3, -0.25) is 0 Å². The predicted octanol–water partition coefficient (Wildman–Crippen LogP) is 2.36. The molecule has 0 spiro atoms. The molecule has 1 atom stereocenters. The van der Waals surface area contributed by atoms with Crippen LogP contribution in [-0.2, 0) is 20.7 Å². The van der Waals surface area contributed by atoms with Crippen LogP contribution in [0.2, 0.25) is 0 Å². The van der Waals surface area contributed by atoms with Gasteiger partial charge in [-0.15, -0.1) is 0 Å². The van der Waals surface area contributed by atoms with Crippen LogP contribution in [0.25, 0.3) is 0 Å². The van der Waals surface area contributed by atoms with Gasteiger partial charge < -0.3 is 19.5 Å². The van der Waals surface area contributed by atoms with Crippen molar-refractivity contribution in [1.82, 2.24) is 5.32 Å². The molecule has 8 heteroatoms. The second kappa shape index (κ2) is 11.6. The maximum Gasteiger partial charge on any atom is 0.408 e. The average molecular weight is 633 g/mol. The van der Waals surface area contributed by atoms with Crippen LogP contribution in [0.1, 0.15) is 47.1 Å². The number of benzene rings is 2. The number of ether oxygens (including phenoxy) is 3. The Morgan fingerprint density at radius 2 is 1.67 bits per heavy atom. The van der Waals surface area contributed by atoms with Crippen molar-refractivity contribution in [3.8, 4) is 5.75 Å². The summed E-state index contributed by atoms with van der Waals surface area (Å²) in [7, 11) is 1.65. The van der Waals surface area contributed by atoms with E-state index >= 15 is 0 Å². The molecule has 1 N–H and O–H groups in total. The van der Waals surface area contributed by atoms with Gasteiger partial charge in [0.2, 0.25) is 0 Å². The summed E-state index contributed by atoms with van der Waals surface area (Å²) in [5.41, 5.74) is -0.384. The normalized spacial score (nSPS) is 12.6. The van der Waals surface area contributed by atoms with E-state index in [1.54, 1.807) is 48.7 Å². The number of halogens is 2. The first-order valence-corrected chi connectivity index (χ1v) is 13.5. The van der Waals surface area contributed by atoms with Crippen molar-refractivity contribution < 1.29 is 45.0 Å². The van der Waals surface area contributed by atoms with Crippen molar-refractivity contribution in [2.75, 3.05) is 7.11 Å². The molecule has 0 heterocycles. The van der Waals surface area contributed by atoms with Gasteiger partial charge in [-0.2, -0.15) is 0 Å². The molecule has 33 heavy (non-hydrogen) atoms. The summed E-state index contributed by atoms with van der Waals surface area (Å²) in [5, 5.41) is 2.71. The fourth-order valence-corrected chi connectivity index (χ4v) is 6.33. The van der Waals surface area contributed by atoms with E-state index in [0.717, 1.165) is 19.4 Å². The number of carbonyl (C=O) groups is 2. The van der Waals surface area contributed by atoms with Gasteiger partial charge in [-0.25, -0.2) is 9.59 Å². The van der Waals surface area contributed by atoms with E-state index in [1.807, 2.05) is 30.3 Å². The summed E-state index contributed by atoms with van der Waals surface area (Å²) in [5.74, 6) is 0.309. The summed E-state index contributed by atoms with van der Waals surface area (Å²) in [6.45, 7) is 10.7. The van der Waals surface area contributed by atoms with E-state index in [2.05, 4.69) is 33.4 Å². The Morgan fingerprint density at radius 1 is 1.00 bits per heavy atom. The number of hydrogen-bond donors (Lipinski definition) is 1. The van der Waals surface area contributed by atoms with Gasteiger partial charge in [0, 0.05) is 28.6 Å². The van der Waals surface area contributed by atoms with Gasteiger partial charge in [0.1, 0.15) is 23.0 Å². The molecule has 2 aromatic rings. The zero-order valence-corrected chi connectivity index (χ0v) is 23.9. The Balaban J connectivity index is 2.33. The zero-order chi connectivity index (χ0) is 24.8. The van der Waals surface area contributed by atoms with E-state index in [4.69, 9.17) is 14.2 Å². The van der Waals surface area contributed by atoms with E-state index in [9.17, 15) is 9.59 Å². The molecule has 0 saturated carbocycles. The van der Waals surface area contributed by atoms with E-state index in [1.165, 1.54) is 3.57 Å². The lowest BCUT2D eigenvalue weighted by atomic mass is 10.1. The maximum atomic E-state index is 13.0. The Labute approximate surface area is 215 Å². The molecule has 0 fully saturated rings. The zero-order valence-electron chi connectivity index (χ0n) is 20.1. The van der Waals surface area contributed by atoms with E-state index in [-0.39, 0.29) is 0 Å². The largest absolute Gasteiger partial charge is 0.497 e. The van der Waals surface area contributed by atoms with Crippen LogP contribution in [0.3, 0.4) is 0 Å². The van der Waals surface area contributed by atoms with Crippen molar-refractivity contribution in [3.05, 3.63) is 59.6 Å². The number of carbonyl (C=O) groups excluding carboxylic acids is 2. The summed E-state index contributed by atoms with van der Waals surface area (Å²) in [6.07, 6.45) is -0.361. The summed E-state index contributed by atoms with van der Waals surface area (Å²) >= 11 is 3.00. The third kappa shape index (κ3) is 9.92. The van der Waals surface area contributed by atoms with Gasteiger partial charge >= 0.3 is 33.3 Å². The minimum Gasteiger partial charge on any atom is -0.497 e. The molecule has 0 aliphatic heterocycles. The molecule has 0 bridgehead atoms. The molecule has 0 aliphatic rings. The lowest BCUT2D eigenvalue weighted by molar-refractivity contribution is -0.598. The SMILES string of the molecule is COc1cccc([I+]c2cc(Br)ccc2CC(NC(=O)OC(C)(C)C)C(=O)OC(C)(C)C)c1. The molecule has 0 aliphatic carbocycles. The Kier molecular flexibility index (Phi) is 9.60. The number of hydrogen-bond acceptors (Lipinski definition) is 5. The van der Waals surface area contributed by atoms with Crippen molar-refractivity contribution in [3.63, 3.8) is 0 Å². The highest BCUT2D eigenvalue weighted by atomic mass is 127. The van der Waals surface area contributed by atoms with Crippen LogP contribution in [0.15, 0.2) is 46.9 Å². The fourth-order valence-electron chi connectivity index (χ4n) is 2.78. The minimum atomic E-state index is -0.881. The molecular formula is C25H32BrINO5+. The Morgan fingerprint density at radius 3 is 2.27 bits per heavy atom. The Hall–Kier alpha value is -1.81. The van der Waals surface area contributed by atoms with Crippen LogP contribution in [0.4, 0.5) is 4.79 Å². The van der Waals surface area contributed by atoms with E-state index < -0.39 is 50.5 Å². The predicted molar refractivity (Wildman–Crippen MR) is 127 cm³/mol. The maximum absolute atomic E-state index is 13.0. The first-order chi connectivity index (χ1) is 15.3. The van der Waals surface area contributed by atoms with Crippen LogP contribution >= 0.6 is 15.9 Å². The summed E-state index contributed by atoms with van der Waals surface area (Å²) in [6, 6.07) is 13.1. The topological polar surface area (TPSA) is 73.9 Å². The molecule has 0 aromatic heterocycles. The second-order valence-electron chi connectivity index (χ2n) is 9.43. The monoisotopic (exact) mass is 632 g/mol. The number of esters is 1. The molecule has 2 aromatic carbocycles. The standard InChI is InChI=1S/C25H31BrINO5/c1-24(2,3)32-22(29)21(28-23(30)33-25(4,5)6)13-16-11-12-17(26)14-20(16)27-18-9-8-10-19(15-18)31-7/h8-12,14-15,21H,13H2,1-7H3/p+1. The number of alkyl carbamates (subject to hydrolysis) is 1. The molecule has 0 saturated heterocycles.